The van der Waals surface area contributed by atoms with Crippen molar-refractivity contribution in [2.24, 2.45) is 0 Å². The first kappa shape index (κ1) is 12.4. The molecule has 1 aliphatic rings. The van der Waals surface area contributed by atoms with Crippen LogP contribution in [0.2, 0.25) is 5.02 Å². The van der Waals surface area contributed by atoms with Crippen LogP contribution in [-0.4, -0.2) is 30.6 Å². The van der Waals surface area contributed by atoms with Crippen molar-refractivity contribution in [1.82, 2.24) is 10.2 Å². The zero-order valence-electron chi connectivity index (χ0n) is 9.34. The topological polar surface area (TPSA) is 15.3 Å². The number of halogens is 2. The highest BCUT2D eigenvalue weighted by molar-refractivity contribution is 9.10. The van der Waals surface area contributed by atoms with E-state index < -0.39 is 0 Å². The molecule has 4 heteroatoms. The van der Waals surface area contributed by atoms with Gasteiger partial charge >= 0.3 is 0 Å². The van der Waals surface area contributed by atoms with Crippen LogP contribution in [0.25, 0.3) is 0 Å². The second-order valence-corrected chi connectivity index (χ2v) is 5.62. The van der Waals surface area contributed by atoms with Gasteiger partial charge in [-0.05, 0) is 30.7 Å². The van der Waals surface area contributed by atoms with Crippen LogP contribution < -0.4 is 5.32 Å². The molecule has 0 aromatic heterocycles. The highest BCUT2D eigenvalue weighted by Crippen LogP contribution is 2.22. The van der Waals surface area contributed by atoms with Crippen molar-refractivity contribution in [2.75, 3.05) is 19.6 Å². The van der Waals surface area contributed by atoms with Gasteiger partial charge in [-0.1, -0.05) is 27.5 Å². The lowest BCUT2D eigenvalue weighted by Gasteiger charge is -2.32. The lowest BCUT2D eigenvalue weighted by Crippen LogP contribution is -2.48. The Kier molecular flexibility index (Phi) is 4.25. The zero-order valence-corrected chi connectivity index (χ0v) is 11.7. The Morgan fingerprint density at radius 2 is 2.38 bits per heavy atom. The van der Waals surface area contributed by atoms with Gasteiger partial charge in [-0.3, -0.25) is 4.90 Å². The number of nitrogens with zero attached hydrogens (tertiary/aromatic N) is 1. The van der Waals surface area contributed by atoms with E-state index in [1.807, 2.05) is 18.2 Å². The first-order chi connectivity index (χ1) is 7.65. The molecule has 1 heterocycles. The molecule has 1 aromatic carbocycles. The molecule has 1 aliphatic heterocycles. The van der Waals surface area contributed by atoms with E-state index in [4.69, 9.17) is 11.6 Å². The van der Waals surface area contributed by atoms with Gasteiger partial charge in [-0.25, -0.2) is 0 Å². The summed E-state index contributed by atoms with van der Waals surface area (Å²) in [5.74, 6) is 0. The summed E-state index contributed by atoms with van der Waals surface area (Å²) in [6.45, 7) is 6.45. The number of benzene rings is 1. The van der Waals surface area contributed by atoms with E-state index in [0.717, 1.165) is 35.7 Å². The molecular formula is C12H16BrClN2. The van der Waals surface area contributed by atoms with Crippen molar-refractivity contribution in [2.45, 2.75) is 19.5 Å². The average molecular weight is 304 g/mol. The second kappa shape index (κ2) is 5.50. The molecule has 1 fully saturated rings. The van der Waals surface area contributed by atoms with Gasteiger partial charge in [-0.15, -0.1) is 0 Å². The summed E-state index contributed by atoms with van der Waals surface area (Å²) in [6.07, 6.45) is 0. The van der Waals surface area contributed by atoms with Gasteiger partial charge in [0.15, 0.2) is 0 Å². The fourth-order valence-electron chi connectivity index (χ4n) is 2.06. The van der Waals surface area contributed by atoms with Gasteiger partial charge in [-0.2, -0.15) is 0 Å². The van der Waals surface area contributed by atoms with Crippen molar-refractivity contribution in [1.29, 1.82) is 0 Å². The molecule has 1 saturated heterocycles. The molecule has 0 amide bonds. The predicted molar refractivity (Wildman–Crippen MR) is 71.9 cm³/mol. The van der Waals surface area contributed by atoms with Gasteiger partial charge in [0.05, 0.1) is 0 Å². The molecule has 88 valence electrons. The summed E-state index contributed by atoms with van der Waals surface area (Å²) in [5.41, 5.74) is 1.27. The third kappa shape index (κ3) is 3.20. The minimum absolute atomic E-state index is 0.576. The fraction of sp³-hybridized carbons (Fsp3) is 0.500. The van der Waals surface area contributed by atoms with Crippen molar-refractivity contribution in [3.63, 3.8) is 0 Å². The number of rotatable bonds is 2. The first-order valence-electron chi connectivity index (χ1n) is 5.55. The Balaban J connectivity index is 2.05. The van der Waals surface area contributed by atoms with E-state index in [9.17, 15) is 0 Å². The maximum absolute atomic E-state index is 6.01. The van der Waals surface area contributed by atoms with Crippen LogP contribution in [0.1, 0.15) is 12.5 Å². The number of hydrogen-bond donors (Lipinski definition) is 1. The van der Waals surface area contributed by atoms with Crippen LogP contribution in [0.15, 0.2) is 22.7 Å². The van der Waals surface area contributed by atoms with Crippen molar-refractivity contribution < 1.29 is 0 Å². The summed E-state index contributed by atoms with van der Waals surface area (Å²) in [7, 11) is 0. The van der Waals surface area contributed by atoms with E-state index >= 15 is 0 Å². The molecule has 16 heavy (non-hydrogen) atoms. The maximum atomic E-state index is 6.01. The molecule has 2 rings (SSSR count). The third-order valence-electron chi connectivity index (χ3n) is 2.85. The van der Waals surface area contributed by atoms with E-state index in [1.54, 1.807) is 0 Å². The fourth-order valence-corrected chi connectivity index (χ4v) is 2.63. The standard InChI is InChI=1S/C12H16BrClN2/c1-9-7-16(5-4-15-9)8-10-6-11(14)2-3-12(10)13/h2-3,6,9,15H,4-5,7-8H2,1H3/t9-/m0/s1. The zero-order chi connectivity index (χ0) is 11.5. The molecular weight excluding hydrogens is 288 g/mol. The Hall–Kier alpha value is -0.0900. The molecule has 0 radical (unpaired) electrons. The number of hydrogen-bond acceptors (Lipinski definition) is 2. The molecule has 1 N–H and O–H groups in total. The van der Waals surface area contributed by atoms with Crippen molar-refractivity contribution >= 4 is 27.5 Å². The summed E-state index contributed by atoms with van der Waals surface area (Å²) in [6, 6.07) is 6.55. The van der Waals surface area contributed by atoms with E-state index in [2.05, 4.69) is 33.1 Å². The lowest BCUT2D eigenvalue weighted by atomic mass is 10.1. The number of nitrogens with one attached hydrogen (secondary N) is 1. The lowest BCUT2D eigenvalue weighted by molar-refractivity contribution is 0.199. The van der Waals surface area contributed by atoms with E-state index in [1.165, 1.54) is 5.56 Å². The summed E-state index contributed by atoms with van der Waals surface area (Å²) in [5, 5.41) is 4.25. The second-order valence-electron chi connectivity index (χ2n) is 4.33. The summed E-state index contributed by atoms with van der Waals surface area (Å²) in [4.78, 5) is 2.46. The van der Waals surface area contributed by atoms with Gasteiger partial charge < -0.3 is 5.32 Å². The van der Waals surface area contributed by atoms with Crippen LogP contribution >= 0.6 is 27.5 Å². The molecule has 0 aliphatic carbocycles. The molecule has 0 unspecified atom stereocenters. The Labute approximate surface area is 110 Å². The molecule has 1 atom stereocenters. The molecule has 1 aromatic rings. The Bertz CT molecular complexity index is 370. The first-order valence-corrected chi connectivity index (χ1v) is 6.72. The van der Waals surface area contributed by atoms with Crippen LogP contribution in [0.5, 0.6) is 0 Å². The maximum Gasteiger partial charge on any atom is 0.0410 e. The molecule has 0 saturated carbocycles. The summed E-state index contributed by atoms with van der Waals surface area (Å²) < 4.78 is 1.14. The molecule has 2 nitrogen and oxygen atoms in total. The smallest absolute Gasteiger partial charge is 0.0410 e. The highest BCUT2D eigenvalue weighted by Gasteiger charge is 2.16. The SMILES string of the molecule is C[C@H]1CN(Cc2cc(Cl)ccc2Br)CCN1. The minimum atomic E-state index is 0.576. The van der Waals surface area contributed by atoms with Crippen LogP contribution in [-0.2, 0) is 6.54 Å². The predicted octanol–water partition coefficient (Wildman–Crippen LogP) is 2.90. The van der Waals surface area contributed by atoms with Crippen LogP contribution in [0.4, 0.5) is 0 Å². The Morgan fingerprint density at radius 1 is 1.56 bits per heavy atom. The van der Waals surface area contributed by atoms with Crippen LogP contribution in [0.3, 0.4) is 0 Å². The van der Waals surface area contributed by atoms with Gasteiger partial charge in [0.2, 0.25) is 0 Å². The molecule has 0 bridgehead atoms. The largest absolute Gasteiger partial charge is 0.312 e. The normalized spacial score (nSPS) is 22.3. The van der Waals surface area contributed by atoms with Crippen molar-refractivity contribution in [3.05, 3.63) is 33.3 Å². The minimum Gasteiger partial charge on any atom is -0.312 e. The van der Waals surface area contributed by atoms with Gasteiger partial charge in [0.25, 0.3) is 0 Å². The van der Waals surface area contributed by atoms with Gasteiger partial charge in [0.1, 0.15) is 0 Å². The van der Waals surface area contributed by atoms with Gasteiger partial charge in [0, 0.05) is 41.7 Å². The summed E-state index contributed by atoms with van der Waals surface area (Å²) >= 11 is 9.58. The average Bonchev–Trinajstić information content (AvgIpc) is 2.24. The third-order valence-corrected chi connectivity index (χ3v) is 3.86. The van der Waals surface area contributed by atoms with Crippen molar-refractivity contribution in [3.8, 4) is 0 Å². The highest BCUT2D eigenvalue weighted by atomic mass is 79.9. The van der Waals surface area contributed by atoms with Crippen LogP contribution in [0, 0.1) is 0 Å². The Morgan fingerprint density at radius 3 is 3.12 bits per heavy atom. The molecule has 0 spiro atoms. The monoisotopic (exact) mass is 302 g/mol. The van der Waals surface area contributed by atoms with E-state index in [-0.39, 0.29) is 0 Å². The quantitative estimate of drug-likeness (QED) is 0.904. The van der Waals surface area contributed by atoms with E-state index in [0.29, 0.717) is 6.04 Å². The number of piperazine rings is 1.